The second-order valence-corrected chi connectivity index (χ2v) is 5.44. The average molecular weight is 359 g/mol. The maximum Gasteiger partial charge on any atom is 0.341 e. The maximum atomic E-state index is 12.1. The Morgan fingerprint density at radius 1 is 1.00 bits per heavy atom. The van der Waals surface area contributed by atoms with Crippen LogP contribution in [0.5, 0.6) is 17.2 Å². The number of carboxylic acids is 1. The Balaban J connectivity index is 1.86. The van der Waals surface area contributed by atoms with E-state index in [4.69, 9.17) is 19.3 Å². The van der Waals surface area contributed by atoms with Crippen molar-refractivity contribution in [1.29, 1.82) is 0 Å². The molecule has 2 N–H and O–H groups in total. The fourth-order valence-corrected chi connectivity index (χ4v) is 2.30. The van der Waals surface area contributed by atoms with E-state index >= 15 is 0 Å². The number of nitrogens with one attached hydrogen (secondary N) is 1. The van der Waals surface area contributed by atoms with E-state index in [1.807, 2.05) is 18.2 Å². The smallest absolute Gasteiger partial charge is 0.341 e. The predicted octanol–water partition coefficient (Wildman–Crippen LogP) is 2.74. The van der Waals surface area contributed by atoms with Crippen molar-refractivity contribution in [3.63, 3.8) is 0 Å². The number of methoxy groups -OCH3 is 2. The fourth-order valence-electron chi connectivity index (χ4n) is 2.30. The molecular formula is C19H21NO6. The summed E-state index contributed by atoms with van der Waals surface area (Å²) in [6, 6.07) is 12.1. The van der Waals surface area contributed by atoms with E-state index in [0.29, 0.717) is 35.8 Å². The summed E-state index contributed by atoms with van der Waals surface area (Å²) in [7, 11) is 3.14. The first-order valence-electron chi connectivity index (χ1n) is 7.97. The normalized spacial score (nSPS) is 10.1. The number of anilines is 1. The Labute approximate surface area is 151 Å². The molecule has 0 atom stereocenters. The highest BCUT2D eigenvalue weighted by Crippen LogP contribution is 2.28. The first-order valence-corrected chi connectivity index (χ1v) is 7.97. The SMILES string of the molecule is COc1ccc(CCC(=O)Nc2ccc(OCC(=O)O)cc2)cc1OC. The molecule has 0 aliphatic carbocycles. The van der Waals surface area contributed by atoms with E-state index in [0.717, 1.165) is 5.56 Å². The lowest BCUT2D eigenvalue weighted by Gasteiger charge is -2.10. The molecule has 0 aromatic heterocycles. The number of hydrogen-bond acceptors (Lipinski definition) is 5. The Morgan fingerprint density at radius 3 is 2.31 bits per heavy atom. The van der Waals surface area contributed by atoms with Gasteiger partial charge in [0, 0.05) is 12.1 Å². The Kier molecular flexibility index (Phi) is 6.84. The van der Waals surface area contributed by atoms with E-state index in [-0.39, 0.29) is 5.91 Å². The molecular weight excluding hydrogens is 338 g/mol. The van der Waals surface area contributed by atoms with Crippen molar-refractivity contribution >= 4 is 17.6 Å². The molecule has 138 valence electrons. The summed E-state index contributed by atoms with van der Waals surface area (Å²) in [5.74, 6) is 0.528. The van der Waals surface area contributed by atoms with Crippen LogP contribution in [0.15, 0.2) is 42.5 Å². The molecule has 0 fully saturated rings. The van der Waals surface area contributed by atoms with Crippen LogP contribution in [-0.4, -0.2) is 37.8 Å². The van der Waals surface area contributed by atoms with Crippen molar-refractivity contribution < 1.29 is 28.9 Å². The fraction of sp³-hybridized carbons (Fsp3) is 0.263. The van der Waals surface area contributed by atoms with E-state index in [1.165, 1.54) is 0 Å². The highest BCUT2D eigenvalue weighted by Gasteiger charge is 2.08. The minimum atomic E-state index is -1.04. The van der Waals surface area contributed by atoms with Crippen molar-refractivity contribution in [2.45, 2.75) is 12.8 Å². The molecule has 2 aromatic rings. The summed E-state index contributed by atoms with van der Waals surface area (Å²) < 4.78 is 15.5. The minimum absolute atomic E-state index is 0.126. The van der Waals surface area contributed by atoms with Gasteiger partial charge in [-0.15, -0.1) is 0 Å². The van der Waals surface area contributed by atoms with Crippen LogP contribution >= 0.6 is 0 Å². The van der Waals surface area contributed by atoms with Gasteiger partial charge in [0.2, 0.25) is 5.91 Å². The van der Waals surface area contributed by atoms with Crippen molar-refractivity contribution in [1.82, 2.24) is 0 Å². The lowest BCUT2D eigenvalue weighted by atomic mass is 10.1. The monoisotopic (exact) mass is 359 g/mol. The number of carbonyl (C=O) groups excluding carboxylic acids is 1. The van der Waals surface area contributed by atoms with Crippen LogP contribution < -0.4 is 19.5 Å². The van der Waals surface area contributed by atoms with Gasteiger partial charge in [-0.25, -0.2) is 4.79 Å². The van der Waals surface area contributed by atoms with E-state index in [2.05, 4.69) is 5.32 Å². The zero-order chi connectivity index (χ0) is 18.9. The lowest BCUT2D eigenvalue weighted by Crippen LogP contribution is -2.12. The van der Waals surface area contributed by atoms with Gasteiger partial charge in [-0.2, -0.15) is 0 Å². The molecule has 0 saturated heterocycles. The summed E-state index contributed by atoms with van der Waals surface area (Å²) in [6.07, 6.45) is 0.874. The number of rotatable bonds is 9. The predicted molar refractivity (Wildman–Crippen MR) is 96.1 cm³/mol. The number of amides is 1. The summed E-state index contributed by atoms with van der Waals surface area (Å²) in [5, 5.41) is 11.4. The van der Waals surface area contributed by atoms with Gasteiger partial charge >= 0.3 is 5.97 Å². The number of carboxylic acid groups (broad SMARTS) is 1. The standard InChI is InChI=1S/C19H21NO6/c1-24-16-9-3-13(11-17(16)25-2)4-10-18(21)20-14-5-7-15(8-6-14)26-12-19(22)23/h3,5-9,11H,4,10,12H2,1-2H3,(H,20,21)(H,22,23). The Morgan fingerprint density at radius 2 is 1.69 bits per heavy atom. The van der Waals surface area contributed by atoms with Crippen molar-refractivity contribution in [2.75, 3.05) is 26.1 Å². The number of aliphatic carboxylic acids is 1. The van der Waals surface area contributed by atoms with E-state index in [9.17, 15) is 9.59 Å². The molecule has 2 aromatic carbocycles. The van der Waals surface area contributed by atoms with Gasteiger partial charge in [-0.05, 0) is 48.4 Å². The highest BCUT2D eigenvalue weighted by molar-refractivity contribution is 5.90. The van der Waals surface area contributed by atoms with Gasteiger partial charge in [-0.3, -0.25) is 4.79 Å². The molecule has 0 spiro atoms. The van der Waals surface area contributed by atoms with Gasteiger partial charge in [0.1, 0.15) is 5.75 Å². The third-order valence-electron chi connectivity index (χ3n) is 3.59. The lowest BCUT2D eigenvalue weighted by molar-refractivity contribution is -0.139. The van der Waals surface area contributed by atoms with Gasteiger partial charge in [0.05, 0.1) is 14.2 Å². The molecule has 0 bridgehead atoms. The van der Waals surface area contributed by atoms with E-state index in [1.54, 1.807) is 38.5 Å². The Hall–Kier alpha value is -3.22. The van der Waals surface area contributed by atoms with Gasteiger partial charge < -0.3 is 24.6 Å². The molecule has 0 aliphatic rings. The van der Waals surface area contributed by atoms with Crippen molar-refractivity contribution in [2.24, 2.45) is 0 Å². The third-order valence-corrected chi connectivity index (χ3v) is 3.59. The first-order chi connectivity index (χ1) is 12.5. The van der Waals surface area contributed by atoms with Crippen LogP contribution in [0.25, 0.3) is 0 Å². The van der Waals surface area contributed by atoms with E-state index < -0.39 is 12.6 Å². The number of aryl methyl sites for hydroxylation is 1. The number of hydrogen-bond donors (Lipinski definition) is 2. The molecule has 7 heteroatoms. The molecule has 26 heavy (non-hydrogen) atoms. The van der Waals surface area contributed by atoms with Gasteiger partial charge in [-0.1, -0.05) is 6.07 Å². The van der Waals surface area contributed by atoms with Crippen LogP contribution in [0.1, 0.15) is 12.0 Å². The molecule has 0 unspecified atom stereocenters. The van der Waals surface area contributed by atoms with Crippen LogP contribution in [0.3, 0.4) is 0 Å². The summed E-state index contributed by atoms with van der Waals surface area (Å²) >= 11 is 0. The zero-order valence-electron chi connectivity index (χ0n) is 14.7. The number of carbonyl (C=O) groups is 2. The Bertz CT molecular complexity index is 757. The summed E-state index contributed by atoms with van der Waals surface area (Å²) in [5.41, 5.74) is 1.58. The average Bonchev–Trinajstić information content (AvgIpc) is 2.65. The summed E-state index contributed by atoms with van der Waals surface area (Å²) in [6.45, 7) is -0.406. The highest BCUT2D eigenvalue weighted by atomic mass is 16.5. The third kappa shape index (κ3) is 5.70. The second-order valence-electron chi connectivity index (χ2n) is 5.44. The maximum absolute atomic E-state index is 12.1. The molecule has 7 nitrogen and oxygen atoms in total. The second kappa shape index (κ2) is 9.31. The molecule has 0 radical (unpaired) electrons. The number of ether oxygens (including phenoxy) is 3. The van der Waals surface area contributed by atoms with Crippen molar-refractivity contribution in [3.8, 4) is 17.2 Å². The van der Waals surface area contributed by atoms with Crippen LogP contribution in [0.4, 0.5) is 5.69 Å². The zero-order valence-corrected chi connectivity index (χ0v) is 14.7. The van der Waals surface area contributed by atoms with Crippen LogP contribution in [0, 0.1) is 0 Å². The topological polar surface area (TPSA) is 94.1 Å². The molecule has 1 amide bonds. The largest absolute Gasteiger partial charge is 0.493 e. The first kappa shape index (κ1) is 19.1. The van der Waals surface area contributed by atoms with Gasteiger partial charge in [0.15, 0.2) is 18.1 Å². The molecule has 0 heterocycles. The quantitative estimate of drug-likeness (QED) is 0.715. The molecule has 2 rings (SSSR count). The molecule has 0 saturated carbocycles. The molecule has 0 aliphatic heterocycles. The minimum Gasteiger partial charge on any atom is -0.493 e. The number of benzene rings is 2. The van der Waals surface area contributed by atoms with Crippen LogP contribution in [0.2, 0.25) is 0 Å². The van der Waals surface area contributed by atoms with Crippen LogP contribution in [-0.2, 0) is 16.0 Å². The summed E-state index contributed by atoms with van der Waals surface area (Å²) in [4.78, 5) is 22.5. The van der Waals surface area contributed by atoms with Crippen molar-refractivity contribution in [3.05, 3.63) is 48.0 Å². The van der Waals surface area contributed by atoms with Gasteiger partial charge in [0.25, 0.3) is 0 Å².